The lowest BCUT2D eigenvalue weighted by molar-refractivity contribution is 0.555. The third-order valence-corrected chi connectivity index (χ3v) is 4.32. The lowest BCUT2D eigenvalue weighted by Crippen LogP contribution is -2.41. The first kappa shape index (κ1) is 13.9. The Kier molecular flexibility index (Phi) is 3.15. The Morgan fingerprint density at radius 2 is 1.78 bits per heavy atom. The van der Waals surface area contributed by atoms with E-state index in [-0.39, 0.29) is 10.9 Å². The minimum absolute atomic E-state index is 0.0562. The molecule has 23 heavy (non-hydrogen) atoms. The zero-order chi connectivity index (χ0) is 16.0. The molecule has 1 aliphatic heterocycles. The van der Waals surface area contributed by atoms with Gasteiger partial charge in [0.1, 0.15) is 17.0 Å². The van der Waals surface area contributed by atoms with Gasteiger partial charge < -0.3 is 0 Å². The van der Waals surface area contributed by atoms with Gasteiger partial charge in [0.2, 0.25) is 0 Å². The molecule has 0 N–H and O–H groups in total. The lowest BCUT2D eigenvalue weighted by atomic mass is 10.1. The second-order valence-corrected chi connectivity index (χ2v) is 5.72. The van der Waals surface area contributed by atoms with Crippen LogP contribution in [-0.4, -0.2) is 9.66 Å². The predicted octanol–water partition coefficient (Wildman–Crippen LogP) is 2.75. The molecule has 0 aliphatic carbocycles. The second-order valence-electron chi connectivity index (χ2n) is 5.72. The van der Waals surface area contributed by atoms with Crippen molar-refractivity contribution < 1.29 is 4.39 Å². The highest BCUT2D eigenvalue weighted by atomic mass is 19.1. The van der Waals surface area contributed by atoms with Crippen LogP contribution in [0.25, 0.3) is 10.9 Å². The molecule has 0 unspecified atom stereocenters. The Morgan fingerprint density at radius 1 is 1.09 bits per heavy atom. The molecule has 0 amide bonds. The van der Waals surface area contributed by atoms with Gasteiger partial charge in [-0.15, -0.1) is 0 Å². The summed E-state index contributed by atoms with van der Waals surface area (Å²) < 4.78 is 15.7. The second kappa shape index (κ2) is 5.19. The predicted molar refractivity (Wildman–Crippen MR) is 87.4 cm³/mol. The highest BCUT2D eigenvalue weighted by molar-refractivity contribution is 5.78. The van der Waals surface area contributed by atoms with Crippen molar-refractivity contribution in [3.63, 3.8) is 0 Å². The molecule has 0 saturated heterocycles. The van der Waals surface area contributed by atoms with Gasteiger partial charge in [-0.1, -0.05) is 37.3 Å². The fraction of sp³-hybridized carbons (Fsp3) is 0.222. The Balaban J connectivity index is 1.92. The number of fused-ring (bicyclic) bond motifs is 2. The number of aryl methyl sites for hydroxylation is 1. The third kappa shape index (κ3) is 2.11. The van der Waals surface area contributed by atoms with Crippen molar-refractivity contribution >= 4 is 10.9 Å². The van der Waals surface area contributed by atoms with Crippen molar-refractivity contribution in [2.24, 2.45) is 0 Å². The summed E-state index contributed by atoms with van der Waals surface area (Å²) >= 11 is 0. The molecule has 116 valence electrons. The van der Waals surface area contributed by atoms with Gasteiger partial charge in [0, 0.05) is 6.42 Å². The monoisotopic (exact) mass is 309 g/mol. The third-order valence-electron chi connectivity index (χ3n) is 4.32. The van der Waals surface area contributed by atoms with Crippen LogP contribution in [0.2, 0.25) is 0 Å². The molecule has 0 atom stereocenters. The van der Waals surface area contributed by atoms with Crippen LogP contribution in [0.4, 0.5) is 4.39 Å². The maximum atomic E-state index is 14.1. The maximum absolute atomic E-state index is 14.1. The van der Waals surface area contributed by atoms with Crippen molar-refractivity contribution in [2.75, 3.05) is 5.01 Å². The van der Waals surface area contributed by atoms with E-state index in [9.17, 15) is 9.18 Å². The number of aromatic nitrogens is 2. The number of hydrogen-bond acceptors (Lipinski definition) is 3. The standard InChI is InChI=1S/C18H16FN3O/c1-2-16-20-15-9-5-8-14(19)17(15)18(23)22(16)21-10-12-6-3-4-7-13(12)11-21/h3-9H,2,10-11H2,1H3. The Labute approximate surface area is 132 Å². The SMILES string of the molecule is CCc1nc2cccc(F)c2c(=O)n1N1Cc2ccccc2C1. The van der Waals surface area contributed by atoms with Crippen LogP contribution >= 0.6 is 0 Å². The van der Waals surface area contributed by atoms with E-state index in [2.05, 4.69) is 17.1 Å². The fourth-order valence-electron chi connectivity index (χ4n) is 3.20. The number of rotatable bonds is 2. The van der Waals surface area contributed by atoms with Crippen molar-refractivity contribution in [3.8, 4) is 0 Å². The molecule has 0 saturated carbocycles. The lowest BCUT2D eigenvalue weighted by Gasteiger charge is -2.23. The van der Waals surface area contributed by atoms with Crippen LogP contribution in [-0.2, 0) is 19.5 Å². The number of hydrogen-bond donors (Lipinski definition) is 0. The molecule has 1 aromatic heterocycles. The molecule has 0 radical (unpaired) electrons. The highest BCUT2D eigenvalue weighted by Gasteiger charge is 2.23. The van der Waals surface area contributed by atoms with E-state index in [4.69, 9.17) is 0 Å². The fourth-order valence-corrected chi connectivity index (χ4v) is 3.20. The summed E-state index contributed by atoms with van der Waals surface area (Å²) in [6.45, 7) is 3.21. The van der Waals surface area contributed by atoms with E-state index < -0.39 is 5.82 Å². The van der Waals surface area contributed by atoms with E-state index in [0.717, 1.165) is 0 Å². The molecular weight excluding hydrogens is 293 g/mol. The van der Waals surface area contributed by atoms with Gasteiger partial charge in [-0.3, -0.25) is 9.80 Å². The topological polar surface area (TPSA) is 38.1 Å². The van der Waals surface area contributed by atoms with Gasteiger partial charge in [-0.25, -0.2) is 14.1 Å². The van der Waals surface area contributed by atoms with E-state index in [1.165, 1.54) is 17.2 Å². The van der Waals surface area contributed by atoms with Crippen LogP contribution in [0.5, 0.6) is 0 Å². The van der Waals surface area contributed by atoms with Crippen molar-refractivity contribution in [3.05, 3.63) is 75.6 Å². The molecular formula is C18H16FN3O. The van der Waals surface area contributed by atoms with E-state index in [0.29, 0.717) is 30.9 Å². The van der Waals surface area contributed by atoms with E-state index >= 15 is 0 Å². The van der Waals surface area contributed by atoms with Gasteiger partial charge in [-0.2, -0.15) is 0 Å². The Morgan fingerprint density at radius 3 is 2.43 bits per heavy atom. The Hall–Kier alpha value is -2.69. The van der Waals surface area contributed by atoms with Crippen LogP contribution < -0.4 is 10.6 Å². The average Bonchev–Trinajstić information content (AvgIpc) is 2.97. The number of nitrogens with zero attached hydrogens (tertiary/aromatic N) is 3. The maximum Gasteiger partial charge on any atom is 0.283 e. The molecule has 0 fully saturated rings. The molecule has 0 spiro atoms. The first-order valence-corrected chi connectivity index (χ1v) is 7.71. The molecule has 4 nitrogen and oxygen atoms in total. The summed E-state index contributed by atoms with van der Waals surface area (Å²) in [6.07, 6.45) is 0.606. The van der Waals surface area contributed by atoms with Crippen LogP contribution in [0.1, 0.15) is 23.9 Å². The molecule has 1 aliphatic rings. The zero-order valence-electron chi connectivity index (χ0n) is 12.8. The van der Waals surface area contributed by atoms with Crippen LogP contribution in [0, 0.1) is 5.82 Å². The normalized spacial score (nSPS) is 13.6. The first-order valence-electron chi connectivity index (χ1n) is 7.71. The number of benzene rings is 2. The summed E-state index contributed by atoms with van der Waals surface area (Å²) in [5.74, 6) is 0.133. The van der Waals surface area contributed by atoms with Crippen LogP contribution in [0.15, 0.2) is 47.3 Å². The van der Waals surface area contributed by atoms with Crippen molar-refractivity contribution in [1.29, 1.82) is 0 Å². The quantitative estimate of drug-likeness (QED) is 0.730. The van der Waals surface area contributed by atoms with Crippen LogP contribution in [0.3, 0.4) is 0 Å². The largest absolute Gasteiger partial charge is 0.300 e. The first-order chi connectivity index (χ1) is 11.2. The minimum atomic E-state index is -0.520. The number of halogens is 1. The summed E-state index contributed by atoms with van der Waals surface area (Å²) in [5.41, 5.74) is 2.46. The van der Waals surface area contributed by atoms with Gasteiger partial charge in [0.25, 0.3) is 5.56 Å². The van der Waals surface area contributed by atoms with Gasteiger partial charge in [-0.05, 0) is 23.3 Å². The van der Waals surface area contributed by atoms with Gasteiger partial charge >= 0.3 is 0 Å². The molecule has 2 aromatic carbocycles. The summed E-state index contributed by atoms with van der Waals surface area (Å²) in [5, 5.41) is 1.99. The molecule has 5 heteroatoms. The summed E-state index contributed by atoms with van der Waals surface area (Å²) in [4.78, 5) is 17.4. The van der Waals surface area contributed by atoms with Crippen molar-refractivity contribution in [2.45, 2.75) is 26.4 Å². The molecule has 3 aromatic rings. The zero-order valence-corrected chi connectivity index (χ0v) is 12.8. The van der Waals surface area contributed by atoms with Gasteiger partial charge in [0.05, 0.1) is 18.6 Å². The smallest absolute Gasteiger partial charge is 0.283 e. The van der Waals surface area contributed by atoms with Crippen molar-refractivity contribution in [1.82, 2.24) is 9.66 Å². The molecule has 2 heterocycles. The van der Waals surface area contributed by atoms with Gasteiger partial charge in [0.15, 0.2) is 0 Å². The Bertz CT molecular complexity index is 939. The van der Waals surface area contributed by atoms with E-state index in [1.54, 1.807) is 16.8 Å². The minimum Gasteiger partial charge on any atom is -0.300 e. The molecule has 4 rings (SSSR count). The van der Waals surface area contributed by atoms with E-state index in [1.807, 2.05) is 24.1 Å². The molecule has 0 bridgehead atoms. The summed E-state index contributed by atoms with van der Waals surface area (Å²) in [7, 11) is 0. The summed E-state index contributed by atoms with van der Waals surface area (Å²) in [6, 6.07) is 12.7. The highest BCUT2D eigenvalue weighted by Crippen LogP contribution is 2.22. The average molecular weight is 309 g/mol.